The average molecular weight is 303 g/mol. The van der Waals surface area contributed by atoms with Gasteiger partial charge in [-0.25, -0.2) is 0 Å². The second-order valence-electron chi connectivity index (χ2n) is 6.87. The zero-order valence-electron chi connectivity index (χ0n) is 15.7. The molecule has 2 atom stereocenters. The van der Waals surface area contributed by atoms with Gasteiger partial charge in [0.05, 0.1) is 12.2 Å². The Bertz CT molecular complexity index is 488. The first kappa shape index (κ1) is 18.8. The zero-order chi connectivity index (χ0) is 16.9. The Morgan fingerprint density at radius 3 is 2.45 bits per heavy atom. The SMILES string of the molecule is CCC1=C(C)C(/C=C(/C=C\C=C(C)C)C(C)C)N(C)C(C)N1. The van der Waals surface area contributed by atoms with E-state index >= 15 is 0 Å². The molecule has 22 heavy (non-hydrogen) atoms. The van der Waals surface area contributed by atoms with Crippen LogP contribution in [0.1, 0.15) is 54.9 Å². The van der Waals surface area contributed by atoms with E-state index in [1.807, 2.05) is 0 Å². The van der Waals surface area contributed by atoms with Gasteiger partial charge in [0.25, 0.3) is 0 Å². The van der Waals surface area contributed by atoms with Crippen LogP contribution in [0, 0.1) is 5.92 Å². The number of rotatable bonds is 5. The summed E-state index contributed by atoms with van der Waals surface area (Å²) >= 11 is 0. The van der Waals surface area contributed by atoms with Crippen molar-refractivity contribution in [2.24, 2.45) is 5.92 Å². The monoisotopic (exact) mass is 302 g/mol. The van der Waals surface area contributed by atoms with E-state index in [1.54, 1.807) is 0 Å². The van der Waals surface area contributed by atoms with Crippen molar-refractivity contribution in [3.63, 3.8) is 0 Å². The van der Waals surface area contributed by atoms with Crippen LogP contribution in [0.25, 0.3) is 0 Å². The molecule has 0 aliphatic carbocycles. The van der Waals surface area contributed by atoms with Crippen LogP contribution >= 0.6 is 0 Å². The largest absolute Gasteiger partial charge is 0.373 e. The number of allylic oxidation sites excluding steroid dienone is 6. The van der Waals surface area contributed by atoms with Gasteiger partial charge >= 0.3 is 0 Å². The maximum absolute atomic E-state index is 3.60. The van der Waals surface area contributed by atoms with Gasteiger partial charge in [0.1, 0.15) is 0 Å². The van der Waals surface area contributed by atoms with Gasteiger partial charge in [0.2, 0.25) is 0 Å². The van der Waals surface area contributed by atoms with Crippen molar-refractivity contribution < 1.29 is 0 Å². The minimum absolute atomic E-state index is 0.370. The van der Waals surface area contributed by atoms with Crippen molar-refractivity contribution in [3.8, 4) is 0 Å². The highest BCUT2D eigenvalue weighted by Gasteiger charge is 2.27. The van der Waals surface area contributed by atoms with Crippen LogP contribution in [0.15, 0.2) is 46.7 Å². The molecule has 0 radical (unpaired) electrons. The summed E-state index contributed by atoms with van der Waals surface area (Å²) < 4.78 is 0. The molecule has 0 saturated carbocycles. The predicted octanol–water partition coefficient (Wildman–Crippen LogP) is 5.02. The lowest BCUT2D eigenvalue weighted by Gasteiger charge is -2.40. The lowest BCUT2D eigenvalue weighted by Crippen LogP contribution is -2.51. The van der Waals surface area contributed by atoms with Gasteiger partial charge in [-0.3, -0.25) is 4.90 Å². The predicted molar refractivity (Wildman–Crippen MR) is 98.6 cm³/mol. The first-order chi connectivity index (χ1) is 10.3. The van der Waals surface area contributed by atoms with Crippen LogP contribution in [0.2, 0.25) is 0 Å². The minimum atomic E-state index is 0.370. The summed E-state index contributed by atoms with van der Waals surface area (Å²) in [4.78, 5) is 2.41. The highest BCUT2D eigenvalue weighted by molar-refractivity contribution is 5.33. The van der Waals surface area contributed by atoms with Crippen LogP contribution in [-0.2, 0) is 0 Å². The van der Waals surface area contributed by atoms with Crippen LogP contribution in [0.4, 0.5) is 0 Å². The van der Waals surface area contributed by atoms with E-state index in [0.29, 0.717) is 18.1 Å². The molecular formula is C20H34N2. The molecule has 1 N–H and O–H groups in total. The summed E-state index contributed by atoms with van der Waals surface area (Å²) in [5.74, 6) is 0.526. The smallest absolute Gasteiger partial charge is 0.0766 e. The van der Waals surface area contributed by atoms with Crippen molar-refractivity contribution in [2.75, 3.05) is 7.05 Å². The van der Waals surface area contributed by atoms with Crippen molar-refractivity contribution >= 4 is 0 Å². The standard InChI is InChI=1S/C20H34N2/c1-9-19-16(6)20(22(8)17(7)21-19)13-18(15(4)5)12-10-11-14(2)3/h10-13,15,17,20-21H,9H2,1-8H3/b12-10-,18-13-. The molecule has 0 saturated heterocycles. The Balaban J connectivity index is 3.16. The van der Waals surface area contributed by atoms with Gasteiger partial charge in [-0.2, -0.15) is 0 Å². The van der Waals surface area contributed by atoms with Crippen LogP contribution in [0.3, 0.4) is 0 Å². The molecule has 1 heterocycles. The quantitative estimate of drug-likeness (QED) is 0.717. The second kappa shape index (κ2) is 8.38. The first-order valence-corrected chi connectivity index (χ1v) is 8.49. The molecule has 0 spiro atoms. The fraction of sp³-hybridized carbons (Fsp3) is 0.600. The van der Waals surface area contributed by atoms with Gasteiger partial charge in [-0.1, -0.05) is 50.6 Å². The van der Waals surface area contributed by atoms with E-state index in [-0.39, 0.29) is 0 Å². The molecule has 1 aliphatic rings. The van der Waals surface area contributed by atoms with Gasteiger partial charge < -0.3 is 5.32 Å². The van der Waals surface area contributed by atoms with E-state index in [0.717, 1.165) is 6.42 Å². The van der Waals surface area contributed by atoms with Gasteiger partial charge in [-0.05, 0) is 58.2 Å². The number of nitrogens with one attached hydrogen (secondary N) is 1. The molecule has 1 aliphatic heterocycles. The third kappa shape index (κ3) is 4.88. The molecule has 124 valence electrons. The number of likely N-dealkylation sites (N-methyl/N-ethyl adjacent to an activating group) is 1. The molecule has 0 amide bonds. The lowest BCUT2D eigenvalue weighted by molar-refractivity contribution is 0.191. The fourth-order valence-electron chi connectivity index (χ4n) is 2.79. The summed E-state index contributed by atoms with van der Waals surface area (Å²) in [6, 6.07) is 0.375. The Labute approximate surface area is 137 Å². The molecule has 2 heteroatoms. The van der Waals surface area contributed by atoms with Gasteiger partial charge in [-0.15, -0.1) is 0 Å². The molecule has 1 rings (SSSR count). The summed E-state index contributed by atoms with van der Waals surface area (Å²) in [5.41, 5.74) is 5.56. The maximum Gasteiger partial charge on any atom is 0.0766 e. The molecule has 0 aromatic heterocycles. The average Bonchev–Trinajstić information content (AvgIpc) is 2.44. The van der Waals surface area contributed by atoms with Crippen molar-refractivity contribution in [1.82, 2.24) is 10.2 Å². The molecule has 0 fully saturated rings. The Morgan fingerprint density at radius 2 is 1.95 bits per heavy atom. The zero-order valence-corrected chi connectivity index (χ0v) is 15.7. The Morgan fingerprint density at radius 1 is 1.32 bits per heavy atom. The molecule has 2 unspecified atom stereocenters. The molecule has 0 bridgehead atoms. The summed E-state index contributed by atoms with van der Waals surface area (Å²) in [5, 5.41) is 3.60. The second-order valence-corrected chi connectivity index (χ2v) is 6.87. The first-order valence-electron chi connectivity index (χ1n) is 8.49. The van der Waals surface area contributed by atoms with E-state index in [4.69, 9.17) is 0 Å². The van der Waals surface area contributed by atoms with E-state index < -0.39 is 0 Å². The third-order valence-electron chi connectivity index (χ3n) is 4.44. The summed E-state index contributed by atoms with van der Waals surface area (Å²) in [6.07, 6.45) is 10.5. The minimum Gasteiger partial charge on any atom is -0.373 e. The maximum atomic E-state index is 3.60. The third-order valence-corrected chi connectivity index (χ3v) is 4.44. The van der Waals surface area contributed by atoms with E-state index in [9.17, 15) is 0 Å². The topological polar surface area (TPSA) is 15.3 Å². The summed E-state index contributed by atoms with van der Waals surface area (Å²) in [7, 11) is 2.20. The molecular weight excluding hydrogens is 268 g/mol. The van der Waals surface area contributed by atoms with Crippen molar-refractivity contribution in [2.45, 2.75) is 67.1 Å². The molecule has 0 aromatic carbocycles. The molecule has 2 nitrogen and oxygen atoms in total. The van der Waals surface area contributed by atoms with Gasteiger partial charge in [0.15, 0.2) is 0 Å². The Hall–Kier alpha value is -1.28. The van der Waals surface area contributed by atoms with Crippen LogP contribution in [-0.4, -0.2) is 24.2 Å². The van der Waals surface area contributed by atoms with Crippen LogP contribution in [0.5, 0.6) is 0 Å². The number of hydrogen-bond donors (Lipinski definition) is 1. The highest BCUT2D eigenvalue weighted by Crippen LogP contribution is 2.25. The number of nitrogens with zero attached hydrogens (tertiary/aromatic N) is 1. The van der Waals surface area contributed by atoms with E-state index in [2.05, 4.69) is 90.0 Å². The fourth-order valence-corrected chi connectivity index (χ4v) is 2.79. The lowest BCUT2D eigenvalue weighted by atomic mass is 9.93. The highest BCUT2D eigenvalue weighted by atomic mass is 15.3. The normalized spacial score (nSPS) is 24.1. The van der Waals surface area contributed by atoms with Crippen molar-refractivity contribution in [3.05, 3.63) is 46.7 Å². The van der Waals surface area contributed by atoms with Crippen molar-refractivity contribution in [1.29, 1.82) is 0 Å². The molecule has 0 aromatic rings. The summed E-state index contributed by atoms with van der Waals surface area (Å²) in [6.45, 7) is 15.5. The van der Waals surface area contributed by atoms with E-state index in [1.165, 1.54) is 22.4 Å². The number of hydrogen-bond acceptors (Lipinski definition) is 2. The van der Waals surface area contributed by atoms with Crippen LogP contribution < -0.4 is 5.32 Å². The Kier molecular flexibility index (Phi) is 7.15. The van der Waals surface area contributed by atoms with Gasteiger partial charge in [0, 0.05) is 5.70 Å².